The van der Waals surface area contributed by atoms with Crippen LogP contribution < -0.4 is 10.9 Å². The van der Waals surface area contributed by atoms with Gasteiger partial charge in [0.05, 0.1) is 12.0 Å². The zero-order chi connectivity index (χ0) is 18.6. The van der Waals surface area contributed by atoms with E-state index in [0.717, 1.165) is 29.3 Å². The summed E-state index contributed by atoms with van der Waals surface area (Å²) in [4.78, 5) is 29.1. The standard InChI is InChI=1S/C22H23N3O2/c26-21-14-20(17-6-2-3-7-17)24-15-25(21)12-11-23-22(27)19-10-9-16-5-1-4-8-18(16)13-19/h1,4-5,8-10,13-15,17H,2-3,6-7,11-12H2,(H,23,27). The van der Waals surface area contributed by atoms with Crippen molar-refractivity contribution >= 4 is 16.7 Å². The van der Waals surface area contributed by atoms with Crippen LogP contribution in [-0.4, -0.2) is 22.0 Å². The van der Waals surface area contributed by atoms with E-state index >= 15 is 0 Å². The fourth-order valence-corrected chi connectivity index (χ4v) is 3.78. The van der Waals surface area contributed by atoms with Gasteiger partial charge in [0.15, 0.2) is 0 Å². The first-order valence-corrected chi connectivity index (χ1v) is 9.54. The zero-order valence-electron chi connectivity index (χ0n) is 15.2. The predicted octanol–water partition coefficient (Wildman–Crippen LogP) is 3.48. The Bertz CT molecular complexity index is 1020. The quantitative estimate of drug-likeness (QED) is 0.757. The van der Waals surface area contributed by atoms with E-state index in [2.05, 4.69) is 10.3 Å². The van der Waals surface area contributed by atoms with E-state index < -0.39 is 0 Å². The fourth-order valence-electron chi connectivity index (χ4n) is 3.78. The third kappa shape index (κ3) is 3.92. The molecule has 4 rings (SSSR count). The lowest BCUT2D eigenvalue weighted by Gasteiger charge is -2.11. The molecule has 5 nitrogen and oxygen atoms in total. The second-order valence-corrected chi connectivity index (χ2v) is 7.14. The van der Waals surface area contributed by atoms with Crippen LogP contribution in [0, 0.1) is 0 Å². The second kappa shape index (κ2) is 7.74. The summed E-state index contributed by atoms with van der Waals surface area (Å²) in [5.74, 6) is 0.296. The number of nitrogens with one attached hydrogen (secondary N) is 1. The molecule has 1 amide bonds. The van der Waals surface area contributed by atoms with E-state index in [1.807, 2.05) is 42.5 Å². The van der Waals surface area contributed by atoms with Crippen molar-refractivity contribution in [2.45, 2.75) is 38.1 Å². The van der Waals surface area contributed by atoms with Gasteiger partial charge in [-0.1, -0.05) is 43.2 Å². The predicted molar refractivity (Wildman–Crippen MR) is 106 cm³/mol. The van der Waals surface area contributed by atoms with Gasteiger partial charge in [-0.3, -0.25) is 14.2 Å². The SMILES string of the molecule is O=C(NCCn1cnc(C2CCCC2)cc1=O)c1ccc2ccccc2c1. The minimum atomic E-state index is -0.135. The minimum Gasteiger partial charge on any atom is -0.350 e. The number of hydrogen-bond donors (Lipinski definition) is 1. The van der Waals surface area contributed by atoms with Crippen molar-refractivity contribution in [1.82, 2.24) is 14.9 Å². The molecule has 1 aliphatic carbocycles. The van der Waals surface area contributed by atoms with Crippen molar-refractivity contribution in [3.8, 4) is 0 Å². The number of nitrogens with zero attached hydrogens (tertiary/aromatic N) is 2. The number of benzene rings is 2. The number of carbonyl (C=O) groups excluding carboxylic acids is 1. The molecule has 1 heterocycles. The monoisotopic (exact) mass is 361 g/mol. The van der Waals surface area contributed by atoms with Crippen LogP contribution >= 0.6 is 0 Å². The normalized spacial score (nSPS) is 14.5. The van der Waals surface area contributed by atoms with Gasteiger partial charge >= 0.3 is 0 Å². The van der Waals surface area contributed by atoms with Crippen LogP contribution in [0.2, 0.25) is 0 Å². The lowest BCUT2D eigenvalue weighted by Crippen LogP contribution is -2.31. The molecular formula is C22H23N3O2. The molecule has 0 aliphatic heterocycles. The molecule has 5 heteroatoms. The molecule has 0 radical (unpaired) electrons. The summed E-state index contributed by atoms with van der Waals surface area (Å²) in [6.45, 7) is 0.798. The Labute approximate surface area is 158 Å². The zero-order valence-corrected chi connectivity index (χ0v) is 15.2. The van der Waals surface area contributed by atoms with Crippen LogP contribution in [0.1, 0.15) is 47.7 Å². The maximum Gasteiger partial charge on any atom is 0.253 e. The molecule has 0 saturated heterocycles. The Morgan fingerprint density at radius 2 is 1.85 bits per heavy atom. The number of amides is 1. The summed E-state index contributed by atoms with van der Waals surface area (Å²) < 4.78 is 1.55. The molecule has 0 spiro atoms. The number of hydrogen-bond acceptors (Lipinski definition) is 3. The van der Waals surface area contributed by atoms with Crippen LogP contribution in [0.5, 0.6) is 0 Å². The van der Waals surface area contributed by atoms with E-state index in [4.69, 9.17) is 0 Å². The van der Waals surface area contributed by atoms with E-state index in [1.165, 1.54) is 12.8 Å². The summed E-state index contributed by atoms with van der Waals surface area (Å²) in [5, 5.41) is 5.02. The molecule has 3 aromatic rings. The van der Waals surface area contributed by atoms with Gasteiger partial charge in [0.25, 0.3) is 11.5 Å². The van der Waals surface area contributed by atoms with E-state index in [1.54, 1.807) is 17.0 Å². The van der Waals surface area contributed by atoms with Gasteiger partial charge in [-0.25, -0.2) is 4.98 Å². The minimum absolute atomic E-state index is 0.0492. The van der Waals surface area contributed by atoms with Gasteiger partial charge in [0, 0.05) is 30.6 Å². The molecule has 0 atom stereocenters. The third-order valence-electron chi connectivity index (χ3n) is 5.32. The van der Waals surface area contributed by atoms with Gasteiger partial charge in [-0.05, 0) is 35.7 Å². The summed E-state index contributed by atoms with van der Waals surface area (Å²) in [7, 11) is 0. The molecule has 1 aromatic heterocycles. The van der Waals surface area contributed by atoms with Crippen LogP contribution in [0.4, 0.5) is 0 Å². The highest BCUT2D eigenvalue weighted by molar-refractivity contribution is 5.98. The Kier molecular flexibility index (Phi) is 5.01. The van der Waals surface area contributed by atoms with Crippen molar-refractivity contribution in [2.75, 3.05) is 6.54 Å². The molecule has 1 saturated carbocycles. The summed E-state index contributed by atoms with van der Waals surface area (Å²) >= 11 is 0. The molecule has 0 bridgehead atoms. The number of aromatic nitrogens is 2. The first-order valence-electron chi connectivity index (χ1n) is 9.54. The molecule has 138 valence electrons. The number of fused-ring (bicyclic) bond motifs is 1. The van der Waals surface area contributed by atoms with Crippen molar-refractivity contribution < 1.29 is 4.79 Å². The molecule has 0 unspecified atom stereocenters. The molecule has 27 heavy (non-hydrogen) atoms. The molecule has 1 N–H and O–H groups in total. The Balaban J connectivity index is 1.37. The van der Waals surface area contributed by atoms with Crippen LogP contribution in [0.25, 0.3) is 10.8 Å². The summed E-state index contributed by atoms with van der Waals surface area (Å²) in [6, 6.07) is 15.2. The van der Waals surface area contributed by atoms with E-state index in [9.17, 15) is 9.59 Å². The lowest BCUT2D eigenvalue weighted by molar-refractivity contribution is 0.0952. The fraction of sp³-hybridized carbons (Fsp3) is 0.318. The van der Waals surface area contributed by atoms with Crippen molar-refractivity contribution in [3.05, 3.63) is 76.5 Å². The number of carbonyl (C=O) groups is 1. The first kappa shape index (κ1) is 17.5. The highest BCUT2D eigenvalue weighted by atomic mass is 16.1. The first-order chi connectivity index (χ1) is 13.2. The van der Waals surface area contributed by atoms with E-state index in [0.29, 0.717) is 24.6 Å². The van der Waals surface area contributed by atoms with E-state index in [-0.39, 0.29) is 11.5 Å². The van der Waals surface area contributed by atoms with Crippen LogP contribution in [0.3, 0.4) is 0 Å². The average Bonchev–Trinajstić information content (AvgIpc) is 3.23. The van der Waals surface area contributed by atoms with Gasteiger partial charge < -0.3 is 5.32 Å². The van der Waals surface area contributed by atoms with Gasteiger partial charge in [0.1, 0.15) is 0 Å². The number of rotatable bonds is 5. The van der Waals surface area contributed by atoms with Crippen molar-refractivity contribution in [1.29, 1.82) is 0 Å². The highest BCUT2D eigenvalue weighted by Gasteiger charge is 2.18. The van der Waals surface area contributed by atoms with Gasteiger partial charge in [0.2, 0.25) is 0 Å². The summed E-state index contributed by atoms with van der Waals surface area (Å²) in [5.41, 5.74) is 1.48. The average molecular weight is 361 g/mol. The van der Waals surface area contributed by atoms with Crippen molar-refractivity contribution in [2.24, 2.45) is 0 Å². The molecule has 1 fully saturated rings. The van der Waals surface area contributed by atoms with Crippen molar-refractivity contribution in [3.63, 3.8) is 0 Å². The third-order valence-corrected chi connectivity index (χ3v) is 5.32. The smallest absolute Gasteiger partial charge is 0.253 e. The second-order valence-electron chi connectivity index (χ2n) is 7.14. The van der Waals surface area contributed by atoms with Gasteiger partial charge in [-0.15, -0.1) is 0 Å². The van der Waals surface area contributed by atoms with Crippen LogP contribution in [-0.2, 0) is 6.54 Å². The van der Waals surface area contributed by atoms with Gasteiger partial charge in [-0.2, -0.15) is 0 Å². The molecular weight excluding hydrogens is 338 g/mol. The highest BCUT2D eigenvalue weighted by Crippen LogP contribution is 2.32. The molecule has 2 aromatic carbocycles. The molecule has 1 aliphatic rings. The maximum atomic E-state index is 12.4. The topological polar surface area (TPSA) is 64.0 Å². The van der Waals surface area contributed by atoms with Crippen LogP contribution in [0.15, 0.2) is 59.7 Å². The summed E-state index contributed by atoms with van der Waals surface area (Å²) in [6.07, 6.45) is 6.29. The Morgan fingerprint density at radius 3 is 2.63 bits per heavy atom. The Morgan fingerprint density at radius 1 is 1.07 bits per heavy atom. The largest absolute Gasteiger partial charge is 0.350 e. The maximum absolute atomic E-state index is 12.4. The Hall–Kier alpha value is -2.95. The lowest BCUT2D eigenvalue weighted by atomic mass is 10.0.